The van der Waals surface area contributed by atoms with Gasteiger partial charge in [-0.1, -0.05) is 6.92 Å². The standard InChI is InChI=1S/C17H32N6S/c1-14(11-23-8-6-21(4)7-9-23)10-19-17(18-3)22(5)12-16-13-24-15(2)20-16/h13-14H,6-12H2,1-5H3,(H,18,19). The van der Waals surface area contributed by atoms with Gasteiger partial charge in [0.15, 0.2) is 5.96 Å². The molecule has 0 aliphatic carbocycles. The first kappa shape index (κ1) is 19.1. The number of nitrogens with zero attached hydrogens (tertiary/aromatic N) is 5. The summed E-state index contributed by atoms with van der Waals surface area (Å²) in [6.07, 6.45) is 0. The molecular formula is C17H32N6S. The Bertz CT molecular complexity index is 521. The molecule has 1 aliphatic heterocycles. The highest BCUT2D eigenvalue weighted by molar-refractivity contribution is 7.09. The molecule has 1 aromatic rings. The number of thiazole rings is 1. The van der Waals surface area contributed by atoms with Crippen molar-refractivity contribution in [3.8, 4) is 0 Å². The first-order valence-electron chi connectivity index (χ1n) is 8.71. The Labute approximate surface area is 150 Å². The van der Waals surface area contributed by atoms with Gasteiger partial charge in [-0.15, -0.1) is 11.3 Å². The van der Waals surface area contributed by atoms with Crippen LogP contribution in [-0.4, -0.2) is 86.1 Å². The Morgan fingerprint density at radius 3 is 2.71 bits per heavy atom. The summed E-state index contributed by atoms with van der Waals surface area (Å²) in [5.74, 6) is 1.53. The Morgan fingerprint density at radius 1 is 1.42 bits per heavy atom. The number of hydrogen-bond donors (Lipinski definition) is 1. The van der Waals surface area contributed by atoms with Crippen molar-refractivity contribution in [2.45, 2.75) is 20.4 Å². The summed E-state index contributed by atoms with van der Waals surface area (Å²) < 4.78 is 0. The number of rotatable bonds is 6. The van der Waals surface area contributed by atoms with Crippen LogP contribution in [0.5, 0.6) is 0 Å². The number of likely N-dealkylation sites (N-methyl/N-ethyl adjacent to an activating group) is 1. The zero-order valence-corrected chi connectivity index (χ0v) is 16.6. The quantitative estimate of drug-likeness (QED) is 0.618. The summed E-state index contributed by atoms with van der Waals surface area (Å²) in [7, 11) is 6.11. The minimum absolute atomic E-state index is 0.597. The minimum Gasteiger partial charge on any atom is -0.356 e. The number of aryl methyl sites for hydroxylation is 1. The van der Waals surface area contributed by atoms with Gasteiger partial charge in [0.05, 0.1) is 17.2 Å². The summed E-state index contributed by atoms with van der Waals surface area (Å²) >= 11 is 1.70. The molecule has 1 saturated heterocycles. The van der Waals surface area contributed by atoms with Gasteiger partial charge >= 0.3 is 0 Å². The van der Waals surface area contributed by atoms with E-state index in [1.54, 1.807) is 11.3 Å². The molecule has 1 N–H and O–H groups in total. The smallest absolute Gasteiger partial charge is 0.193 e. The summed E-state index contributed by atoms with van der Waals surface area (Å²) in [5, 5.41) is 6.74. The van der Waals surface area contributed by atoms with Crippen LogP contribution in [0.3, 0.4) is 0 Å². The fourth-order valence-electron chi connectivity index (χ4n) is 2.98. The van der Waals surface area contributed by atoms with E-state index >= 15 is 0 Å². The summed E-state index contributed by atoms with van der Waals surface area (Å²) in [6.45, 7) is 11.9. The van der Waals surface area contributed by atoms with Crippen molar-refractivity contribution in [3.05, 3.63) is 16.1 Å². The van der Waals surface area contributed by atoms with Crippen molar-refractivity contribution < 1.29 is 0 Å². The second-order valence-corrected chi connectivity index (χ2v) is 7.91. The molecule has 1 fully saturated rings. The van der Waals surface area contributed by atoms with E-state index in [4.69, 9.17) is 0 Å². The van der Waals surface area contributed by atoms with Gasteiger partial charge in [0, 0.05) is 58.7 Å². The second-order valence-electron chi connectivity index (χ2n) is 6.85. The predicted octanol–water partition coefficient (Wildman–Crippen LogP) is 1.34. The van der Waals surface area contributed by atoms with Crippen LogP contribution in [0.4, 0.5) is 0 Å². The Balaban J connectivity index is 1.73. The van der Waals surface area contributed by atoms with Crippen LogP contribution in [0.2, 0.25) is 0 Å². The van der Waals surface area contributed by atoms with Crippen molar-refractivity contribution in [2.75, 3.05) is 60.4 Å². The maximum Gasteiger partial charge on any atom is 0.193 e. The van der Waals surface area contributed by atoms with Crippen LogP contribution in [-0.2, 0) is 6.54 Å². The normalized spacial score (nSPS) is 18.6. The summed E-state index contributed by atoms with van der Waals surface area (Å²) in [4.78, 5) is 16.0. The number of piperazine rings is 1. The van der Waals surface area contributed by atoms with E-state index in [-0.39, 0.29) is 0 Å². The first-order chi connectivity index (χ1) is 11.5. The average molecular weight is 353 g/mol. The molecular weight excluding hydrogens is 320 g/mol. The Morgan fingerprint density at radius 2 is 2.12 bits per heavy atom. The van der Waals surface area contributed by atoms with Gasteiger partial charge in [-0.05, 0) is 19.9 Å². The third-order valence-corrected chi connectivity index (χ3v) is 5.24. The van der Waals surface area contributed by atoms with Crippen LogP contribution in [0.1, 0.15) is 17.6 Å². The zero-order valence-electron chi connectivity index (χ0n) is 15.7. The Kier molecular flexibility index (Phi) is 7.45. The van der Waals surface area contributed by atoms with Crippen LogP contribution in [0.25, 0.3) is 0 Å². The van der Waals surface area contributed by atoms with Crippen LogP contribution in [0, 0.1) is 12.8 Å². The number of guanidine groups is 1. The lowest BCUT2D eigenvalue weighted by molar-refractivity contribution is 0.139. The third-order valence-electron chi connectivity index (χ3n) is 4.41. The fraction of sp³-hybridized carbons (Fsp3) is 0.765. The maximum atomic E-state index is 4.53. The summed E-state index contributed by atoms with van der Waals surface area (Å²) in [5.41, 5.74) is 1.11. The molecule has 7 heteroatoms. The molecule has 24 heavy (non-hydrogen) atoms. The van der Waals surface area contributed by atoms with E-state index in [0.29, 0.717) is 5.92 Å². The highest BCUT2D eigenvalue weighted by Crippen LogP contribution is 2.10. The number of aliphatic imine (C=N–C) groups is 1. The molecule has 2 heterocycles. The van der Waals surface area contributed by atoms with Gasteiger partial charge in [-0.25, -0.2) is 4.98 Å². The van der Waals surface area contributed by atoms with Crippen LogP contribution >= 0.6 is 11.3 Å². The highest BCUT2D eigenvalue weighted by atomic mass is 32.1. The van der Waals surface area contributed by atoms with Crippen molar-refractivity contribution in [2.24, 2.45) is 10.9 Å². The van der Waals surface area contributed by atoms with Gasteiger partial charge in [0.2, 0.25) is 0 Å². The van der Waals surface area contributed by atoms with Gasteiger partial charge in [0.1, 0.15) is 0 Å². The van der Waals surface area contributed by atoms with Gasteiger partial charge < -0.3 is 20.0 Å². The van der Waals surface area contributed by atoms with Crippen LogP contribution < -0.4 is 5.32 Å². The lowest BCUT2D eigenvalue weighted by atomic mass is 10.1. The maximum absolute atomic E-state index is 4.53. The number of nitrogens with one attached hydrogen (secondary N) is 1. The lowest BCUT2D eigenvalue weighted by Crippen LogP contribution is -2.47. The van der Waals surface area contributed by atoms with E-state index < -0.39 is 0 Å². The first-order valence-corrected chi connectivity index (χ1v) is 9.59. The fourth-order valence-corrected chi connectivity index (χ4v) is 3.59. The molecule has 6 nitrogen and oxygen atoms in total. The molecule has 0 spiro atoms. The molecule has 1 aliphatic rings. The lowest BCUT2D eigenvalue weighted by Gasteiger charge is -2.34. The largest absolute Gasteiger partial charge is 0.356 e. The molecule has 1 aromatic heterocycles. The molecule has 1 unspecified atom stereocenters. The molecule has 0 saturated carbocycles. The van der Waals surface area contributed by atoms with E-state index in [0.717, 1.165) is 36.3 Å². The molecule has 0 radical (unpaired) electrons. The van der Waals surface area contributed by atoms with Gasteiger partial charge in [0.25, 0.3) is 0 Å². The SMILES string of the molecule is CN=C(NCC(C)CN1CCN(C)CC1)N(C)Cc1csc(C)n1. The summed E-state index contributed by atoms with van der Waals surface area (Å²) in [6, 6.07) is 0. The molecule has 136 valence electrons. The topological polar surface area (TPSA) is 47.0 Å². The van der Waals surface area contributed by atoms with E-state index in [9.17, 15) is 0 Å². The molecule has 1 atom stereocenters. The van der Waals surface area contributed by atoms with E-state index in [1.807, 2.05) is 14.0 Å². The Hall–Kier alpha value is -1.18. The van der Waals surface area contributed by atoms with Crippen molar-refractivity contribution in [1.82, 2.24) is 25.0 Å². The van der Waals surface area contributed by atoms with Crippen LogP contribution in [0.15, 0.2) is 10.4 Å². The van der Waals surface area contributed by atoms with E-state index in [2.05, 4.69) is 56.4 Å². The van der Waals surface area contributed by atoms with Crippen molar-refractivity contribution in [3.63, 3.8) is 0 Å². The predicted molar refractivity (Wildman–Crippen MR) is 103 cm³/mol. The van der Waals surface area contributed by atoms with Crippen molar-refractivity contribution >= 4 is 17.3 Å². The van der Waals surface area contributed by atoms with Gasteiger partial charge in [-0.3, -0.25) is 4.99 Å². The van der Waals surface area contributed by atoms with Gasteiger partial charge in [-0.2, -0.15) is 0 Å². The van der Waals surface area contributed by atoms with Crippen molar-refractivity contribution in [1.29, 1.82) is 0 Å². The monoisotopic (exact) mass is 352 g/mol. The molecule has 2 rings (SSSR count). The third kappa shape index (κ3) is 6.03. The van der Waals surface area contributed by atoms with E-state index in [1.165, 1.54) is 26.2 Å². The highest BCUT2D eigenvalue weighted by Gasteiger charge is 2.17. The average Bonchev–Trinajstić information content (AvgIpc) is 2.95. The number of hydrogen-bond acceptors (Lipinski definition) is 5. The molecule has 0 amide bonds. The molecule has 0 aromatic carbocycles. The zero-order chi connectivity index (χ0) is 17.5. The second kappa shape index (κ2) is 9.34. The minimum atomic E-state index is 0.597. The number of aromatic nitrogens is 1. The molecule has 0 bridgehead atoms.